The van der Waals surface area contributed by atoms with Gasteiger partial charge >= 0.3 is 0 Å². The molecule has 1 amide bonds. The van der Waals surface area contributed by atoms with Crippen molar-refractivity contribution in [2.45, 2.75) is 44.9 Å². The van der Waals surface area contributed by atoms with Crippen molar-refractivity contribution in [3.63, 3.8) is 0 Å². The van der Waals surface area contributed by atoms with E-state index in [9.17, 15) is 9.90 Å². The maximum absolute atomic E-state index is 12.1. The molecule has 4 unspecified atom stereocenters. The van der Waals surface area contributed by atoms with Gasteiger partial charge in [0.1, 0.15) is 0 Å². The van der Waals surface area contributed by atoms with E-state index in [2.05, 4.69) is 24.5 Å². The number of hydrogen-bond donors (Lipinski definition) is 3. The predicted octanol–water partition coefficient (Wildman–Crippen LogP) is 1.61. The Balaban J connectivity index is 1.89. The molecular formula is C16H24N2O2. The van der Waals surface area contributed by atoms with Crippen molar-refractivity contribution >= 4 is 5.91 Å². The molecule has 1 fully saturated rings. The van der Waals surface area contributed by atoms with Gasteiger partial charge in [0.25, 0.3) is 0 Å². The van der Waals surface area contributed by atoms with Crippen LogP contribution in [0.1, 0.15) is 38.4 Å². The first-order valence-corrected chi connectivity index (χ1v) is 7.33. The topological polar surface area (TPSA) is 61.4 Å². The molecule has 0 saturated carbocycles. The van der Waals surface area contributed by atoms with E-state index in [0.717, 1.165) is 18.5 Å². The summed E-state index contributed by atoms with van der Waals surface area (Å²) in [4.78, 5) is 12.1. The first kappa shape index (κ1) is 15.0. The lowest BCUT2D eigenvalue weighted by atomic mass is 9.89. The Labute approximate surface area is 120 Å². The number of nitrogens with one attached hydrogen (secondary N) is 2. The first-order valence-electron chi connectivity index (χ1n) is 7.33. The number of hydrogen-bond acceptors (Lipinski definition) is 3. The largest absolute Gasteiger partial charge is 0.388 e. The minimum Gasteiger partial charge on any atom is -0.388 e. The molecule has 110 valence electrons. The van der Waals surface area contributed by atoms with Gasteiger partial charge in [-0.1, -0.05) is 37.3 Å². The molecule has 4 atom stereocenters. The Morgan fingerprint density at radius 1 is 1.40 bits per heavy atom. The number of aliphatic hydroxyl groups excluding tert-OH is 1. The molecule has 20 heavy (non-hydrogen) atoms. The molecule has 0 aliphatic carbocycles. The third kappa shape index (κ3) is 3.81. The van der Waals surface area contributed by atoms with Gasteiger partial charge in [0.15, 0.2) is 0 Å². The maximum Gasteiger partial charge on any atom is 0.223 e. The molecule has 2 rings (SSSR count). The predicted molar refractivity (Wildman–Crippen MR) is 79.2 cm³/mol. The SMILES string of the molecule is CC1CCNC(C)C1NC(=O)CC(O)c1ccccc1. The highest BCUT2D eigenvalue weighted by Crippen LogP contribution is 2.19. The second-order valence-corrected chi connectivity index (χ2v) is 5.73. The third-order valence-electron chi connectivity index (χ3n) is 4.11. The monoisotopic (exact) mass is 276 g/mol. The molecule has 4 nitrogen and oxygen atoms in total. The summed E-state index contributed by atoms with van der Waals surface area (Å²) in [6.07, 6.45) is 0.439. The number of piperidine rings is 1. The van der Waals surface area contributed by atoms with Crippen molar-refractivity contribution in [3.05, 3.63) is 35.9 Å². The fourth-order valence-electron chi connectivity index (χ4n) is 2.82. The lowest BCUT2D eigenvalue weighted by molar-refractivity contribution is -0.124. The van der Waals surface area contributed by atoms with E-state index >= 15 is 0 Å². The summed E-state index contributed by atoms with van der Waals surface area (Å²) >= 11 is 0. The van der Waals surface area contributed by atoms with Gasteiger partial charge in [-0.15, -0.1) is 0 Å². The molecule has 1 aromatic carbocycles. The lowest BCUT2D eigenvalue weighted by Gasteiger charge is -2.36. The molecule has 0 radical (unpaired) electrons. The first-order chi connectivity index (χ1) is 9.58. The third-order valence-corrected chi connectivity index (χ3v) is 4.11. The highest BCUT2D eigenvalue weighted by molar-refractivity contribution is 5.77. The van der Waals surface area contributed by atoms with Gasteiger partial charge in [-0.05, 0) is 31.4 Å². The Kier molecular flexibility index (Phi) is 5.15. The molecule has 1 aliphatic rings. The molecule has 0 spiro atoms. The van der Waals surface area contributed by atoms with Crippen molar-refractivity contribution in [3.8, 4) is 0 Å². The van der Waals surface area contributed by atoms with Crippen LogP contribution in [0.3, 0.4) is 0 Å². The highest BCUT2D eigenvalue weighted by Gasteiger charge is 2.29. The van der Waals surface area contributed by atoms with Crippen LogP contribution in [0, 0.1) is 5.92 Å². The highest BCUT2D eigenvalue weighted by atomic mass is 16.3. The van der Waals surface area contributed by atoms with Crippen LogP contribution in [0.15, 0.2) is 30.3 Å². The standard InChI is InChI=1S/C16H24N2O2/c1-11-8-9-17-12(2)16(11)18-15(20)10-14(19)13-6-4-3-5-7-13/h3-7,11-12,14,16-17,19H,8-10H2,1-2H3,(H,18,20). The van der Waals surface area contributed by atoms with Crippen molar-refractivity contribution in [2.75, 3.05) is 6.54 Å². The summed E-state index contributed by atoms with van der Waals surface area (Å²) in [6.45, 7) is 5.26. The minimum atomic E-state index is -0.738. The van der Waals surface area contributed by atoms with E-state index in [1.165, 1.54) is 0 Å². The molecule has 3 N–H and O–H groups in total. The zero-order valence-corrected chi connectivity index (χ0v) is 12.2. The Morgan fingerprint density at radius 2 is 2.10 bits per heavy atom. The van der Waals surface area contributed by atoms with Crippen LogP contribution in [0.5, 0.6) is 0 Å². The summed E-state index contributed by atoms with van der Waals surface area (Å²) in [6, 6.07) is 9.72. The average Bonchev–Trinajstić information content (AvgIpc) is 2.44. The van der Waals surface area contributed by atoms with E-state index in [-0.39, 0.29) is 24.4 Å². The second-order valence-electron chi connectivity index (χ2n) is 5.73. The van der Waals surface area contributed by atoms with E-state index in [0.29, 0.717) is 5.92 Å². The second kappa shape index (κ2) is 6.86. The zero-order valence-electron chi connectivity index (χ0n) is 12.2. The van der Waals surface area contributed by atoms with Crippen molar-refractivity contribution < 1.29 is 9.90 Å². The van der Waals surface area contributed by atoms with Gasteiger partial charge in [0.2, 0.25) is 5.91 Å². The van der Waals surface area contributed by atoms with E-state index in [1.54, 1.807) is 0 Å². The molecule has 0 aromatic heterocycles. The van der Waals surface area contributed by atoms with Crippen LogP contribution >= 0.6 is 0 Å². The summed E-state index contributed by atoms with van der Waals surface area (Å²) in [5, 5.41) is 16.5. The molecule has 1 heterocycles. The molecule has 4 heteroatoms. The van der Waals surface area contributed by atoms with Crippen LogP contribution in [-0.2, 0) is 4.79 Å². The number of rotatable bonds is 4. The Morgan fingerprint density at radius 3 is 2.75 bits per heavy atom. The molecule has 1 saturated heterocycles. The van der Waals surface area contributed by atoms with Crippen LogP contribution in [0.2, 0.25) is 0 Å². The van der Waals surface area contributed by atoms with Gasteiger partial charge in [-0.3, -0.25) is 4.79 Å². The normalized spacial score (nSPS) is 27.9. The van der Waals surface area contributed by atoms with Gasteiger partial charge < -0.3 is 15.7 Å². The van der Waals surface area contributed by atoms with Crippen LogP contribution in [0.25, 0.3) is 0 Å². The summed E-state index contributed by atoms with van der Waals surface area (Å²) in [5.74, 6) is 0.373. The maximum atomic E-state index is 12.1. The van der Waals surface area contributed by atoms with Crippen molar-refractivity contribution in [1.29, 1.82) is 0 Å². The van der Waals surface area contributed by atoms with E-state index < -0.39 is 6.10 Å². The fraction of sp³-hybridized carbons (Fsp3) is 0.562. The molecule has 1 aliphatic heterocycles. The summed E-state index contributed by atoms with van der Waals surface area (Å²) in [5.41, 5.74) is 0.783. The van der Waals surface area contributed by atoms with Gasteiger partial charge in [-0.2, -0.15) is 0 Å². The number of carbonyl (C=O) groups is 1. The molecule has 0 bridgehead atoms. The Bertz CT molecular complexity index is 425. The lowest BCUT2D eigenvalue weighted by Crippen LogP contribution is -2.56. The number of aliphatic hydroxyl groups is 1. The summed E-state index contributed by atoms with van der Waals surface area (Å²) < 4.78 is 0. The average molecular weight is 276 g/mol. The van der Waals surface area contributed by atoms with Crippen LogP contribution < -0.4 is 10.6 Å². The zero-order chi connectivity index (χ0) is 14.5. The Hall–Kier alpha value is -1.39. The van der Waals surface area contributed by atoms with Gasteiger partial charge in [-0.25, -0.2) is 0 Å². The van der Waals surface area contributed by atoms with Crippen LogP contribution in [0.4, 0.5) is 0 Å². The van der Waals surface area contributed by atoms with E-state index in [4.69, 9.17) is 0 Å². The van der Waals surface area contributed by atoms with Crippen molar-refractivity contribution in [1.82, 2.24) is 10.6 Å². The molecular weight excluding hydrogens is 252 g/mol. The fourth-order valence-corrected chi connectivity index (χ4v) is 2.82. The smallest absolute Gasteiger partial charge is 0.223 e. The molecule has 1 aromatic rings. The quantitative estimate of drug-likeness (QED) is 0.783. The number of carbonyl (C=O) groups excluding carboxylic acids is 1. The van der Waals surface area contributed by atoms with Crippen LogP contribution in [-0.4, -0.2) is 29.6 Å². The van der Waals surface area contributed by atoms with E-state index in [1.807, 2.05) is 30.3 Å². The van der Waals surface area contributed by atoms with Gasteiger partial charge in [0.05, 0.1) is 12.5 Å². The summed E-state index contributed by atoms with van der Waals surface area (Å²) in [7, 11) is 0. The van der Waals surface area contributed by atoms with Crippen molar-refractivity contribution in [2.24, 2.45) is 5.92 Å². The van der Waals surface area contributed by atoms with Gasteiger partial charge in [0, 0.05) is 12.1 Å². The number of amides is 1. The number of benzene rings is 1. The minimum absolute atomic E-state index is 0.0891.